The van der Waals surface area contributed by atoms with Crippen molar-refractivity contribution in [3.63, 3.8) is 0 Å². The minimum atomic E-state index is -0.170. The third-order valence-corrected chi connectivity index (χ3v) is 3.46. The van der Waals surface area contributed by atoms with Gasteiger partial charge < -0.3 is 4.98 Å². The van der Waals surface area contributed by atoms with E-state index in [1.54, 1.807) is 18.2 Å². The number of nitrogens with one attached hydrogen (secondary N) is 1. The van der Waals surface area contributed by atoms with E-state index < -0.39 is 0 Å². The third kappa shape index (κ3) is 2.39. The molecular weight excluding hydrogens is 362 g/mol. The highest BCUT2D eigenvalue weighted by Gasteiger charge is 2.05. The van der Waals surface area contributed by atoms with Crippen LogP contribution in [0, 0.1) is 3.57 Å². The molecule has 0 unspecified atom stereocenters. The van der Waals surface area contributed by atoms with Crippen molar-refractivity contribution in [1.29, 1.82) is 0 Å². The third-order valence-electron chi connectivity index (χ3n) is 1.95. The highest BCUT2D eigenvalue weighted by Crippen LogP contribution is 2.26. The molecule has 1 N–H and O–H groups in total. The summed E-state index contributed by atoms with van der Waals surface area (Å²) in [7, 11) is 0. The van der Waals surface area contributed by atoms with Gasteiger partial charge in [-0.2, -0.15) is 0 Å². The van der Waals surface area contributed by atoms with Crippen LogP contribution in [0.15, 0.2) is 29.2 Å². The maximum absolute atomic E-state index is 11.4. The summed E-state index contributed by atoms with van der Waals surface area (Å²) >= 11 is 13.6. The maximum atomic E-state index is 11.4. The van der Waals surface area contributed by atoms with Crippen molar-refractivity contribution in [3.05, 3.63) is 48.4 Å². The molecular formula is C10H5Cl2IN2O. The topological polar surface area (TPSA) is 45.8 Å². The van der Waals surface area contributed by atoms with Crippen molar-refractivity contribution >= 4 is 45.8 Å². The van der Waals surface area contributed by atoms with Gasteiger partial charge in [0.15, 0.2) is 0 Å². The molecule has 0 radical (unpaired) electrons. The molecule has 0 spiro atoms. The summed E-state index contributed by atoms with van der Waals surface area (Å²) < 4.78 is 0.543. The Morgan fingerprint density at radius 3 is 2.62 bits per heavy atom. The summed E-state index contributed by atoms with van der Waals surface area (Å²) in [6.45, 7) is 0. The van der Waals surface area contributed by atoms with E-state index in [9.17, 15) is 4.79 Å². The Morgan fingerprint density at radius 2 is 2.00 bits per heavy atom. The van der Waals surface area contributed by atoms with E-state index in [0.717, 1.165) is 5.56 Å². The van der Waals surface area contributed by atoms with Crippen LogP contribution in [-0.2, 0) is 0 Å². The largest absolute Gasteiger partial charge is 0.306 e. The molecule has 0 fully saturated rings. The van der Waals surface area contributed by atoms with Crippen molar-refractivity contribution < 1.29 is 0 Å². The molecule has 0 atom stereocenters. The fourth-order valence-electron chi connectivity index (χ4n) is 1.17. The average Bonchev–Trinajstić information content (AvgIpc) is 2.26. The first-order valence-corrected chi connectivity index (χ1v) is 6.11. The Bertz CT molecular complexity index is 598. The Hall–Kier alpha value is -0.590. The lowest BCUT2D eigenvalue weighted by atomic mass is 10.2. The lowest BCUT2D eigenvalue weighted by Crippen LogP contribution is -2.11. The van der Waals surface area contributed by atoms with Crippen LogP contribution < -0.4 is 5.56 Å². The summed E-state index contributed by atoms with van der Waals surface area (Å²) in [6, 6.07) is 5.07. The van der Waals surface area contributed by atoms with E-state index in [1.807, 2.05) is 22.6 Å². The zero-order valence-electron chi connectivity index (χ0n) is 7.80. The zero-order chi connectivity index (χ0) is 11.7. The van der Waals surface area contributed by atoms with Crippen LogP contribution in [0.4, 0.5) is 0 Å². The van der Waals surface area contributed by atoms with Crippen molar-refractivity contribution in [2.45, 2.75) is 0 Å². The normalized spacial score (nSPS) is 10.4. The van der Waals surface area contributed by atoms with Crippen LogP contribution in [0.25, 0.3) is 11.4 Å². The molecule has 0 saturated carbocycles. The monoisotopic (exact) mass is 366 g/mol. The molecule has 82 valence electrons. The van der Waals surface area contributed by atoms with Crippen LogP contribution in [0.1, 0.15) is 0 Å². The molecule has 0 amide bonds. The first-order chi connectivity index (χ1) is 7.58. The summed E-state index contributed by atoms with van der Waals surface area (Å²) in [6.07, 6.45) is 1.51. The number of nitrogens with zero attached hydrogens (tertiary/aromatic N) is 1. The Morgan fingerprint density at radius 1 is 1.25 bits per heavy atom. The summed E-state index contributed by atoms with van der Waals surface area (Å²) in [5, 5.41) is 0.902. The minimum Gasteiger partial charge on any atom is -0.306 e. The lowest BCUT2D eigenvalue weighted by Gasteiger charge is -2.02. The van der Waals surface area contributed by atoms with Crippen LogP contribution in [-0.4, -0.2) is 9.97 Å². The molecule has 1 aromatic heterocycles. The van der Waals surface area contributed by atoms with Crippen LogP contribution >= 0.6 is 45.8 Å². The summed E-state index contributed by atoms with van der Waals surface area (Å²) in [5.41, 5.74) is 0.555. The van der Waals surface area contributed by atoms with Crippen molar-refractivity contribution in [3.8, 4) is 11.4 Å². The molecule has 1 heterocycles. The second-order valence-corrected chi connectivity index (χ2v) is 5.01. The molecule has 6 heteroatoms. The molecule has 16 heavy (non-hydrogen) atoms. The average molecular weight is 367 g/mol. The van der Waals surface area contributed by atoms with E-state index in [1.165, 1.54) is 6.20 Å². The highest BCUT2D eigenvalue weighted by atomic mass is 127. The number of hydrogen-bond acceptors (Lipinski definition) is 2. The van der Waals surface area contributed by atoms with Gasteiger partial charge in [-0.25, -0.2) is 4.98 Å². The van der Waals surface area contributed by atoms with Gasteiger partial charge in [0.05, 0.1) is 13.6 Å². The number of H-pyrrole nitrogens is 1. The van der Waals surface area contributed by atoms with E-state index in [-0.39, 0.29) is 5.56 Å². The van der Waals surface area contributed by atoms with Gasteiger partial charge in [-0.1, -0.05) is 23.2 Å². The number of aromatic nitrogens is 2. The zero-order valence-corrected chi connectivity index (χ0v) is 11.5. The quantitative estimate of drug-likeness (QED) is 0.786. The molecule has 0 aliphatic carbocycles. The number of halogens is 3. The molecule has 0 bridgehead atoms. The van der Waals surface area contributed by atoms with E-state index in [4.69, 9.17) is 23.2 Å². The Balaban J connectivity index is 2.55. The molecule has 3 nitrogen and oxygen atoms in total. The number of benzene rings is 1. The van der Waals surface area contributed by atoms with Gasteiger partial charge in [0.2, 0.25) is 0 Å². The second-order valence-electron chi connectivity index (χ2n) is 3.04. The molecule has 2 aromatic rings. The summed E-state index contributed by atoms with van der Waals surface area (Å²) in [4.78, 5) is 18.2. The van der Waals surface area contributed by atoms with Gasteiger partial charge in [-0.3, -0.25) is 4.79 Å². The molecule has 0 saturated heterocycles. The van der Waals surface area contributed by atoms with Gasteiger partial charge in [0, 0.05) is 11.8 Å². The fourth-order valence-corrected chi connectivity index (χ4v) is 1.74. The number of rotatable bonds is 1. The van der Waals surface area contributed by atoms with E-state index >= 15 is 0 Å². The maximum Gasteiger partial charge on any atom is 0.264 e. The van der Waals surface area contributed by atoms with Crippen molar-refractivity contribution in [2.24, 2.45) is 0 Å². The highest BCUT2D eigenvalue weighted by molar-refractivity contribution is 14.1. The van der Waals surface area contributed by atoms with Crippen LogP contribution in [0.5, 0.6) is 0 Å². The fraction of sp³-hybridized carbons (Fsp3) is 0. The first kappa shape index (κ1) is 11.9. The van der Waals surface area contributed by atoms with Crippen LogP contribution in [0.2, 0.25) is 10.0 Å². The van der Waals surface area contributed by atoms with E-state index in [2.05, 4.69) is 9.97 Å². The molecule has 0 aliphatic rings. The molecule has 2 rings (SSSR count). The summed E-state index contributed by atoms with van der Waals surface area (Å²) in [5.74, 6) is 0.476. The predicted octanol–water partition coefficient (Wildman–Crippen LogP) is 3.35. The first-order valence-electron chi connectivity index (χ1n) is 4.28. The number of aromatic amines is 1. The Labute approximate surface area is 115 Å². The minimum absolute atomic E-state index is 0.170. The SMILES string of the molecule is O=c1[nH]c(-c2ccc(Cl)c(Cl)c2)ncc1I. The molecule has 0 aliphatic heterocycles. The number of hydrogen-bond donors (Lipinski definition) is 1. The van der Waals surface area contributed by atoms with Crippen LogP contribution in [0.3, 0.4) is 0 Å². The van der Waals surface area contributed by atoms with Crippen molar-refractivity contribution in [2.75, 3.05) is 0 Å². The Kier molecular flexibility index (Phi) is 3.51. The van der Waals surface area contributed by atoms with Gasteiger partial charge >= 0.3 is 0 Å². The lowest BCUT2D eigenvalue weighted by molar-refractivity contribution is 1.11. The molecule has 1 aromatic carbocycles. The second kappa shape index (κ2) is 4.73. The van der Waals surface area contributed by atoms with Gasteiger partial charge in [0.25, 0.3) is 5.56 Å². The standard InChI is InChI=1S/C10H5Cl2IN2O/c11-6-2-1-5(3-7(6)12)9-14-4-8(13)10(16)15-9/h1-4H,(H,14,15,16). The smallest absolute Gasteiger partial charge is 0.264 e. The van der Waals surface area contributed by atoms with Crippen molar-refractivity contribution in [1.82, 2.24) is 9.97 Å². The van der Waals surface area contributed by atoms with Gasteiger partial charge in [-0.15, -0.1) is 0 Å². The van der Waals surface area contributed by atoms with Gasteiger partial charge in [-0.05, 0) is 40.8 Å². The predicted molar refractivity (Wildman–Crippen MR) is 73.0 cm³/mol. The van der Waals surface area contributed by atoms with Gasteiger partial charge in [0.1, 0.15) is 5.82 Å². The van der Waals surface area contributed by atoms with E-state index in [0.29, 0.717) is 19.4 Å².